The third-order valence-corrected chi connectivity index (χ3v) is 3.38. The second-order valence-corrected chi connectivity index (χ2v) is 4.83. The van der Waals surface area contributed by atoms with Crippen LogP contribution < -0.4 is 5.32 Å². The van der Waals surface area contributed by atoms with E-state index in [4.69, 9.17) is 11.6 Å². The van der Waals surface area contributed by atoms with Gasteiger partial charge < -0.3 is 5.32 Å². The van der Waals surface area contributed by atoms with Crippen molar-refractivity contribution in [3.63, 3.8) is 0 Å². The second kappa shape index (κ2) is 5.52. The number of anilines is 1. The summed E-state index contributed by atoms with van der Waals surface area (Å²) >= 11 is 9.35. The summed E-state index contributed by atoms with van der Waals surface area (Å²) in [5, 5.41) is 3.92. The number of rotatable bonds is 3. The summed E-state index contributed by atoms with van der Waals surface area (Å²) < 4.78 is 13.6. The summed E-state index contributed by atoms with van der Waals surface area (Å²) in [6.07, 6.45) is 0. The molecule has 0 heterocycles. The molecule has 0 aliphatic rings. The molecule has 1 N–H and O–H groups in total. The first-order valence-electron chi connectivity index (χ1n) is 5.09. The van der Waals surface area contributed by atoms with E-state index in [-0.39, 0.29) is 5.82 Å². The quantitative estimate of drug-likeness (QED) is 0.853. The SMILES string of the molecule is Fc1ccc(NCc2ccccc2Cl)c(Br)c1. The van der Waals surface area contributed by atoms with Crippen molar-refractivity contribution in [2.75, 3.05) is 5.32 Å². The van der Waals surface area contributed by atoms with Gasteiger partial charge in [0.05, 0.1) is 0 Å². The van der Waals surface area contributed by atoms with Gasteiger partial charge in [0, 0.05) is 21.7 Å². The average molecular weight is 315 g/mol. The molecule has 0 aliphatic heterocycles. The zero-order chi connectivity index (χ0) is 12.3. The average Bonchev–Trinajstić information content (AvgIpc) is 2.30. The predicted octanol–water partition coefficient (Wildman–Crippen LogP) is 4.85. The second-order valence-electron chi connectivity index (χ2n) is 3.57. The Bertz CT molecular complexity index is 531. The van der Waals surface area contributed by atoms with E-state index in [1.807, 2.05) is 24.3 Å². The molecule has 0 saturated heterocycles. The summed E-state index contributed by atoms with van der Waals surface area (Å²) in [4.78, 5) is 0. The van der Waals surface area contributed by atoms with Gasteiger partial charge in [-0.05, 0) is 45.8 Å². The monoisotopic (exact) mass is 313 g/mol. The maximum Gasteiger partial charge on any atom is 0.124 e. The van der Waals surface area contributed by atoms with Crippen LogP contribution in [0.4, 0.5) is 10.1 Å². The van der Waals surface area contributed by atoms with Crippen LogP contribution in [0.3, 0.4) is 0 Å². The third kappa shape index (κ3) is 3.20. The molecule has 2 rings (SSSR count). The lowest BCUT2D eigenvalue weighted by Gasteiger charge is -2.09. The van der Waals surface area contributed by atoms with Crippen molar-refractivity contribution in [3.05, 3.63) is 63.3 Å². The van der Waals surface area contributed by atoms with E-state index in [0.717, 1.165) is 16.3 Å². The van der Waals surface area contributed by atoms with Crippen molar-refractivity contribution < 1.29 is 4.39 Å². The van der Waals surface area contributed by atoms with Crippen LogP contribution in [0.2, 0.25) is 5.02 Å². The van der Waals surface area contributed by atoms with Crippen molar-refractivity contribution in [1.29, 1.82) is 0 Å². The van der Waals surface area contributed by atoms with Gasteiger partial charge in [-0.3, -0.25) is 0 Å². The smallest absolute Gasteiger partial charge is 0.124 e. The minimum Gasteiger partial charge on any atom is -0.380 e. The van der Waals surface area contributed by atoms with Crippen LogP contribution in [0.25, 0.3) is 0 Å². The normalized spacial score (nSPS) is 10.3. The van der Waals surface area contributed by atoms with Gasteiger partial charge in [-0.1, -0.05) is 29.8 Å². The van der Waals surface area contributed by atoms with E-state index in [2.05, 4.69) is 21.2 Å². The summed E-state index contributed by atoms with van der Waals surface area (Å²) in [5.74, 6) is -0.264. The molecule has 0 amide bonds. The van der Waals surface area contributed by atoms with Crippen LogP contribution >= 0.6 is 27.5 Å². The van der Waals surface area contributed by atoms with Crippen LogP contribution in [0.5, 0.6) is 0 Å². The maximum atomic E-state index is 12.9. The largest absolute Gasteiger partial charge is 0.380 e. The van der Waals surface area contributed by atoms with E-state index in [1.165, 1.54) is 12.1 Å². The maximum absolute atomic E-state index is 12.9. The molecule has 0 saturated carbocycles. The van der Waals surface area contributed by atoms with E-state index in [0.29, 0.717) is 11.0 Å². The molecule has 0 bridgehead atoms. The topological polar surface area (TPSA) is 12.0 Å². The zero-order valence-electron chi connectivity index (χ0n) is 8.88. The standard InChI is InChI=1S/C13H10BrClFN/c14-11-7-10(16)5-6-13(11)17-8-9-3-1-2-4-12(9)15/h1-7,17H,8H2. The number of halogens is 3. The Morgan fingerprint density at radius 2 is 1.94 bits per heavy atom. The highest BCUT2D eigenvalue weighted by atomic mass is 79.9. The van der Waals surface area contributed by atoms with Crippen molar-refractivity contribution >= 4 is 33.2 Å². The van der Waals surface area contributed by atoms with Gasteiger partial charge in [0.15, 0.2) is 0 Å². The summed E-state index contributed by atoms with van der Waals surface area (Å²) in [5.41, 5.74) is 1.84. The summed E-state index contributed by atoms with van der Waals surface area (Å²) in [6.45, 7) is 0.601. The zero-order valence-corrected chi connectivity index (χ0v) is 11.2. The van der Waals surface area contributed by atoms with Crippen molar-refractivity contribution in [1.82, 2.24) is 0 Å². The van der Waals surface area contributed by atoms with Gasteiger partial charge in [0.1, 0.15) is 5.82 Å². The molecule has 0 radical (unpaired) electrons. The van der Waals surface area contributed by atoms with Gasteiger partial charge in [0.25, 0.3) is 0 Å². The number of hydrogen-bond acceptors (Lipinski definition) is 1. The Balaban J connectivity index is 2.10. The fourth-order valence-electron chi connectivity index (χ4n) is 1.47. The van der Waals surface area contributed by atoms with Crippen LogP contribution in [0.15, 0.2) is 46.9 Å². The highest BCUT2D eigenvalue weighted by Crippen LogP contribution is 2.24. The predicted molar refractivity (Wildman–Crippen MR) is 72.9 cm³/mol. The molecule has 4 heteroatoms. The molecular weight excluding hydrogens is 305 g/mol. The molecule has 2 aromatic rings. The Morgan fingerprint density at radius 1 is 1.18 bits per heavy atom. The first-order valence-corrected chi connectivity index (χ1v) is 6.26. The van der Waals surface area contributed by atoms with Crippen LogP contribution in [-0.4, -0.2) is 0 Å². The lowest BCUT2D eigenvalue weighted by atomic mass is 10.2. The van der Waals surface area contributed by atoms with E-state index in [1.54, 1.807) is 6.07 Å². The van der Waals surface area contributed by atoms with E-state index < -0.39 is 0 Å². The van der Waals surface area contributed by atoms with Crippen LogP contribution in [0, 0.1) is 5.82 Å². The number of nitrogens with one attached hydrogen (secondary N) is 1. The van der Waals surface area contributed by atoms with Gasteiger partial charge in [0.2, 0.25) is 0 Å². The van der Waals surface area contributed by atoms with E-state index in [9.17, 15) is 4.39 Å². The van der Waals surface area contributed by atoms with Gasteiger partial charge >= 0.3 is 0 Å². The Kier molecular flexibility index (Phi) is 4.02. The van der Waals surface area contributed by atoms with Crippen molar-refractivity contribution in [2.24, 2.45) is 0 Å². The highest BCUT2D eigenvalue weighted by molar-refractivity contribution is 9.10. The molecule has 88 valence electrons. The molecule has 17 heavy (non-hydrogen) atoms. The molecular formula is C13H10BrClFN. The minimum atomic E-state index is -0.264. The van der Waals surface area contributed by atoms with Crippen molar-refractivity contribution in [3.8, 4) is 0 Å². The molecule has 0 aromatic heterocycles. The lowest BCUT2D eigenvalue weighted by molar-refractivity contribution is 0.627. The fraction of sp³-hybridized carbons (Fsp3) is 0.0769. The van der Waals surface area contributed by atoms with E-state index >= 15 is 0 Å². The number of hydrogen-bond donors (Lipinski definition) is 1. The molecule has 0 aliphatic carbocycles. The highest BCUT2D eigenvalue weighted by Gasteiger charge is 2.02. The van der Waals surface area contributed by atoms with Crippen LogP contribution in [-0.2, 0) is 6.54 Å². The molecule has 2 aromatic carbocycles. The summed E-state index contributed by atoms with van der Waals surface area (Å²) in [7, 11) is 0. The fourth-order valence-corrected chi connectivity index (χ4v) is 2.16. The molecule has 0 spiro atoms. The van der Waals surface area contributed by atoms with Gasteiger partial charge in [-0.15, -0.1) is 0 Å². The third-order valence-electron chi connectivity index (χ3n) is 2.36. The molecule has 1 nitrogen and oxygen atoms in total. The minimum absolute atomic E-state index is 0.264. The Hall–Kier alpha value is -1.06. The first-order chi connectivity index (χ1) is 8.16. The lowest BCUT2D eigenvalue weighted by Crippen LogP contribution is -2.00. The molecule has 0 atom stereocenters. The Labute approximate surface area is 113 Å². The molecule has 0 unspecified atom stereocenters. The molecule has 0 fully saturated rings. The van der Waals surface area contributed by atoms with Crippen molar-refractivity contribution in [2.45, 2.75) is 6.54 Å². The van der Waals surface area contributed by atoms with Gasteiger partial charge in [-0.25, -0.2) is 4.39 Å². The van der Waals surface area contributed by atoms with Crippen LogP contribution in [0.1, 0.15) is 5.56 Å². The Morgan fingerprint density at radius 3 is 2.65 bits per heavy atom. The van der Waals surface area contributed by atoms with Gasteiger partial charge in [-0.2, -0.15) is 0 Å². The summed E-state index contributed by atoms with van der Waals surface area (Å²) in [6, 6.07) is 12.2. The first kappa shape index (κ1) is 12.4. The number of benzene rings is 2.